The van der Waals surface area contributed by atoms with Gasteiger partial charge in [0.15, 0.2) is 11.5 Å². The first-order valence-corrected chi connectivity index (χ1v) is 7.83. The summed E-state index contributed by atoms with van der Waals surface area (Å²) < 4.78 is 11.7. The molecule has 1 N–H and O–H groups in total. The highest BCUT2D eigenvalue weighted by atomic mass is 16.7. The molecule has 4 rings (SSSR count). The van der Waals surface area contributed by atoms with E-state index in [-0.39, 0.29) is 23.2 Å². The van der Waals surface area contributed by atoms with Gasteiger partial charge in [0, 0.05) is 17.9 Å². The molecule has 5 atom stereocenters. The quantitative estimate of drug-likeness (QED) is 0.753. The second-order valence-electron chi connectivity index (χ2n) is 7.39. The number of carbonyl (C=O) groups is 1. The van der Waals surface area contributed by atoms with Crippen LogP contribution in [-0.2, 0) is 14.3 Å². The number of allylic oxidation sites excluding steroid dienone is 2. The lowest BCUT2D eigenvalue weighted by Gasteiger charge is -2.45. The van der Waals surface area contributed by atoms with Gasteiger partial charge in [-0.1, -0.05) is 12.2 Å². The summed E-state index contributed by atoms with van der Waals surface area (Å²) in [4.78, 5) is 12.6. The molecule has 0 spiro atoms. The molecule has 21 heavy (non-hydrogen) atoms. The molecule has 0 amide bonds. The zero-order valence-corrected chi connectivity index (χ0v) is 12.6. The number of hydrogen-bond donors (Lipinski definition) is 1. The fourth-order valence-electron chi connectivity index (χ4n) is 4.73. The molecule has 0 radical (unpaired) electrons. The number of aliphatic hydroxyl groups is 1. The van der Waals surface area contributed by atoms with E-state index in [0.717, 1.165) is 18.4 Å². The lowest BCUT2D eigenvalue weighted by atomic mass is 9.72. The Morgan fingerprint density at radius 2 is 2.24 bits per heavy atom. The van der Waals surface area contributed by atoms with E-state index in [9.17, 15) is 9.90 Å². The van der Waals surface area contributed by atoms with Crippen molar-refractivity contribution in [3.8, 4) is 0 Å². The molecule has 4 heteroatoms. The van der Waals surface area contributed by atoms with Gasteiger partial charge in [0.05, 0.1) is 12.5 Å². The van der Waals surface area contributed by atoms with E-state index in [1.54, 1.807) is 0 Å². The predicted octanol–water partition coefficient (Wildman–Crippen LogP) is 2.33. The van der Waals surface area contributed by atoms with Gasteiger partial charge in [-0.05, 0) is 39.0 Å². The lowest BCUT2D eigenvalue weighted by Crippen LogP contribution is -2.48. The molecule has 4 aliphatic rings. The Balaban J connectivity index is 1.78. The Labute approximate surface area is 124 Å². The van der Waals surface area contributed by atoms with E-state index in [1.165, 1.54) is 0 Å². The second kappa shape index (κ2) is 3.99. The summed E-state index contributed by atoms with van der Waals surface area (Å²) in [7, 11) is 0. The number of fused-ring (bicyclic) bond motifs is 4. The molecule has 4 nitrogen and oxygen atoms in total. The number of rotatable bonds is 1. The Bertz CT molecular complexity index is 577. The van der Waals surface area contributed by atoms with Crippen molar-refractivity contribution < 1.29 is 19.4 Å². The van der Waals surface area contributed by atoms with Crippen LogP contribution in [0.3, 0.4) is 0 Å². The fraction of sp³-hybridized carbons (Fsp3) is 0.706. The molecule has 1 saturated carbocycles. The van der Waals surface area contributed by atoms with Crippen LogP contribution in [0.2, 0.25) is 0 Å². The van der Waals surface area contributed by atoms with Crippen molar-refractivity contribution in [2.24, 2.45) is 17.8 Å². The monoisotopic (exact) mass is 290 g/mol. The summed E-state index contributed by atoms with van der Waals surface area (Å²) >= 11 is 0. The summed E-state index contributed by atoms with van der Waals surface area (Å²) in [6.45, 7) is 8.57. The lowest BCUT2D eigenvalue weighted by molar-refractivity contribution is -0.196. The van der Waals surface area contributed by atoms with Gasteiger partial charge in [-0.3, -0.25) is 4.79 Å². The van der Waals surface area contributed by atoms with Gasteiger partial charge in [-0.15, -0.1) is 0 Å². The molecule has 0 aromatic heterocycles. The normalized spacial score (nSPS) is 48.0. The SMILES string of the molecule is C=C(C)[C@@H]1CC[C@@]2(C)OC3=C(C[C@@H]12)C(=O)[C@H]1CO[C@]3(O)C1. The van der Waals surface area contributed by atoms with Gasteiger partial charge in [-0.25, -0.2) is 0 Å². The first kappa shape index (κ1) is 13.5. The molecule has 2 aliphatic heterocycles. The molecular weight excluding hydrogens is 268 g/mol. The zero-order chi connectivity index (χ0) is 15.0. The van der Waals surface area contributed by atoms with Gasteiger partial charge in [0.2, 0.25) is 5.79 Å². The van der Waals surface area contributed by atoms with E-state index in [4.69, 9.17) is 9.47 Å². The molecular formula is C17H22O4. The van der Waals surface area contributed by atoms with Gasteiger partial charge >= 0.3 is 0 Å². The van der Waals surface area contributed by atoms with Crippen molar-refractivity contribution in [1.82, 2.24) is 0 Å². The van der Waals surface area contributed by atoms with Gasteiger partial charge in [0.25, 0.3) is 0 Å². The van der Waals surface area contributed by atoms with Crippen molar-refractivity contribution in [3.05, 3.63) is 23.5 Å². The molecule has 2 fully saturated rings. The molecule has 0 unspecified atom stereocenters. The third kappa shape index (κ3) is 1.66. The largest absolute Gasteiger partial charge is 0.485 e. The van der Waals surface area contributed by atoms with Crippen LogP contribution < -0.4 is 0 Å². The minimum absolute atomic E-state index is 0.113. The van der Waals surface area contributed by atoms with Crippen LogP contribution in [0.1, 0.15) is 39.5 Å². The molecule has 2 heterocycles. The number of hydrogen-bond acceptors (Lipinski definition) is 4. The fourth-order valence-corrected chi connectivity index (χ4v) is 4.73. The van der Waals surface area contributed by atoms with Crippen LogP contribution in [0.15, 0.2) is 23.5 Å². The smallest absolute Gasteiger partial charge is 0.226 e. The minimum atomic E-state index is -1.37. The van der Waals surface area contributed by atoms with Crippen molar-refractivity contribution in [2.45, 2.75) is 50.9 Å². The molecule has 2 aliphatic carbocycles. The maximum absolute atomic E-state index is 12.6. The van der Waals surface area contributed by atoms with Crippen molar-refractivity contribution >= 4 is 5.78 Å². The average Bonchev–Trinajstić information content (AvgIpc) is 2.95. The predicted molar refractivity (Wildman–Crippen MR) is 76.2 cm³/mol. The summed E-state index contributed by atoms with van der Waals surface area (Å²) in [5, 5.41) is 10.7. The highest BCUT2D eigenvalue weighted by Crippen LogP contribution is 2.56. The van der Waals surface area contributed by atoms with E-state index in [2.05, 4.69) is 20.4 Å². The summed E-state index contributed by atoms with van der Waals surface area (Å²) in [5.74, 6) is -0.385. The Hall–Kier alpha value is -1.13. The number of Topliss-reactive ketones (excluding diaryl/α,β-unsaturated/α-hetero) is 1. The molecule has 1 saturated heterocycles. The summed E-state index contributed by atoms with van der Waals surface area (Å²) in [6.07, 6.45) is 2.99. The Morgan fingerprint density at radius 1 is 1.48 bits per heavy atom. The van der Waals surface area contributed by atoms with Crippen LogP contribution in [-0.4, -0.2) is 28.9 Å². The molecule has 0 aromatic carbocycles. The van der Waals surface area contributed by atoms with Gasteiger partial charge in [-0.2, -0.15) is 0 Å². The first-order chi connectivity index (χ1) is 9.84. The average molecular weight is 290 g/mol. The number of ether oxygens (including phenoxy) is 2. The minimum Gasteiger partial charge on any atom is -0.485 e. The van der Waals surface area contributed by atoms with Crippen LogP contribution >= 0.6 is 0 Å². The van der Waals surface area contributed by atoms with Crippen molar-refractivity contribution in [1.29, 1.82) is 0 Å². The van der Waals surface area contributed by atoms with E-state index in [0.29, 0.717) is 36.7 Å². The van der Waals surface area contributed by atoms with E-state index in [1.807, 2.05) is 0 Å². The Kier molecular flexibility index (Phi) is 2.57. The van der Waals surface area contributed by atoms with Crippen molar-refractivity contribution in [3.63, 3.8) is 0 Å². The third-order valence-electron chi connectivity index (χ3n) is 5.96. The number of ketones is 1. The summed E-state index contributed by atoms with van der Waals surface area (Å²) in [5.41, 5.74) is 1.51. The summed E-state index contributed by atoms with van der Waals surface area (Å²) in [6, 6.07) is 0. The Morgan fingerprint density at radius 3 is 2.95 bits per heavy atom. The maximum atomic E-state index is 12.6. The van der Waals surface area contributed by atoms with E-state index >= 15 is 0 Å². The topological polar surface area (TPSA) is 55.8 Å². The molecule has 0 aromatic rings. The van der Waals surface area contributed by atoms with Gasteiger partial charge in [0.1, 0.15) is 5.60 Å². The van der Waals surface area contributed by atoms with Crippen LogP contribution in [0.4, 0.5) is 0 Å². The second-order valence-corrected chi connectivity index (χ2v) is 7.39. The number of carbonyl (C=O) groups excluding carboxylic acids is 1. The maximum Gasteiger partial charge on any atom is 0.226 e. The van der Waals surface area contributed by atoms with Crippen molar-refractivity contribution in [2.75, 3.05) is 6.61 Å². The van der Waals surface area contributed by atoms with Gasteiger partial charge < -0.3 is 14.6 Å². The zero-order valence-electron chi connectivity index (χ0n) is 12.6. The highest BCUT2D eigenvalue weighted by molar-refractivity contribution is 5.99. The first-order valence-electron chi connectivity index (χ1n) is 7.83. The standard InChI is InChI=1S/C17H22O4/c1-9(2)11-4-5-16(3)13(11)6-12-14(18)10-7-17(19,20-8-10)15(12)21-16/h10-11,13,19H,1,4-8H2,2-3H3/t10-,11+,13+,16-,17-/m1/s1. The third-order valence-corrected chi connectivity index (χ3v) is 5.96. The molecule has 114 valence electrons. The highest BCUT2D eigenvalue weighted by Gasteiger charge is 2.60. The molecule has 2 bridgehead atoms. The van der Waals surface area contributed by atoms with Crippen LogP contribution in [0.5, 0.6) is 0 Å². The van der Waals surface area contributed by atoms with Crippen LogP contribution in [0, 0.1) is 17.8 Å². The van der Waals surface area contributed by atoms with E-state index < -0.39 is 5.79 Å². The van der Waals surface area contributed by atoms with Crippen LogP contribution in [0.25, 0.3) is 0 Å².